The molecule has 2 saturated heterocycles. The molecule has 0 aliphatic carbocycles. The van der Waals surface area contributed by atoms with Crippen LogP contribution >= 0.6 is 0 Å². The van der Waals surface area contributed by atoms with E-state index in [1.165, 1.54) is 0 Å². The Morgan fingerprint density at radius 1 is 1.14 bits per heavy atom. The van der Waals surface area contributed by atoms with Crippen LogP contribution in [-0.4, -0.2) is 59.5 Å². The summed E-state index contributed by atoms with van der Waals surface area (Å²) in [5, 5.41) is 2.99. The Kier molecular flexibility index (Phi) is 6.00. The van der Waals surface area contributed by atoms with E-state index in [1.807, 2.05) is 30.3 Å². The van der Waals surface area contributed by atoms with Gasteiger partial charge in [0.15, 0.2) is 0 Å². The van der Waals surface area contributed by atoms with Crippen molar-refractivity contribution in [2.45, 2.75) is 19.5 Å². The van der Waals surface area contributed by atoms with Gasteiger partial charge in [-0.3, -0.25) is 14.6 Å². The minimum atomic E-state index is -0.338. The van der Waals surface area contributed by atoms with E-state index >= 15 is 0 Å². The molecule has 0 radical (unpaired) electrons. The van der Waals surface area contributed by atoms with Crippen LogP contribution in [0.3, 0.4) is 0 Å². The molecule has 2 aromatic heterocycles. The summed E-state index contributed by atoms with van der Waals surface area (Å²) in [4.78, 5) is 37.7. The molecule has 1 atom stereocenters. The molecule has 29 heavy (non-hydrogen) atoms. The summed E-state index contributed by atoms with van der Waals surface area (Å²) >= 11 is 0. The number of ether oxygens (including phenoxy) is 1. The molecule has 2 amide bonds. The van der Waals surface area contributed by atoms with Gasteiger partial charge >= 0.3 is 0 Å². The van der Waals surface area contributed by atoms with Crippen molar-refractivity contribution in [1.82, 2.24) is 20.2 Å². The number of aromatic nitrogens is 2. The number of rotatable bonds is 6. The third-order valence-corrected chi connectivity index (χ3v) is 5.30. The Hall–Kier alpha value is -3.00. The van der Waals surface area contributed by atoms with Crippen molar-refractivity contribution in [2.75, 3.05) is 37.7 Å². The fourth-order valence-electron chi connectivity index (χ4n) is 3.74. The first-order valence-corrected chi connectivity index (χ1v) is 9.92. The lowest BCUT2D eigenvalue weighted by atomic mass is 10.1. The van der Waals surface area contributed by atoms with Crippen LogP contribution in [0.2, 0.25) is 0 Å². The summed E-state index contributed by atoms with van der Waals surface area (Å²) in [7, 11) is 0. The minimum absolute atomic E-state index is 0.00816. The zero-order chi connectivity index (χ0) is 20.1. The smallest absolute Gasteiger partial charge is 0.225 e. The number of hydrogen-bond donors (Lipinski definition) is 1. The molecule has 0 saturated carbocycles. The maximum absolute atomic E-state index is 12.7. The number of nitrogens with one attached hydrogen (secondary N) is 1. The van der Waals surface area contributed by atoms with Crippen LogP contribution in [0.5, 0.6) is 0 Å². The number of hydrogen-bond acceptors (Lipinski definition) is 6. The van der Waals surface area contributed by atoms with Crippen molar-refractivity contribution in [3.63, 3.8) is 0 Å². The third kappa shape index (κ3) is 4.71. The average molecular weight is 395 g/mol. The fourth-order valence-corrected chi connectivity index (χ4v) is 3.74. The van der Waals surface area contributed by atoms with E-state index in [0.717, 1.165) is 30.2 Å². The van der Waals surface area contributed by atoms with Crippen molar-refractivity contribution in [3.8, 4) is 0 Å². The van der Waals surface area contributed by atoms with Gasteiger partial charge in [0.05, 0.1) is 31.4 Å². The zero-order valence-corrected chi connectivity index (χ0v) is 16.3. The molecule has 0 bridgehead atoms. The summed E-state index contributed by atoms with van der Waals surface area (Å²) in [6.07, 6.45) is 3.71. The van der Waals surface area contributed by atoms with Crippen LogP contribution in [0.15, 0.2) is 42.7 Å². The molecule has 4 heterocycles. The molecule has 2 aromatic rings. The van der Waals surface area contributed by atoms with Crippen molar-refractivity contribution < 1.29 is 14.3 Å². The summed E-state index contributed by atoms with van der Waals surface area (Å²) < 4.78 is 5.41. The molecular weight excluding hydrogens is 370 g/mol. The molecule has 8 heteroatoms. The van der Waals surface area contributed by atoms with Gasteiger partial charge in [-0.25, -0.2) is 4.98 Å². The molecule has 2 aliphatic heterocycles. The predicted molar refractivity (Wildman–Crippen MR) is 107 cm³/mol. The van der Waals surface area contributed by atoms with Crippen molar-refractivity contribution in [3.05, 3.63) is 54.0 Å². The first kappa shape index (κ1) is 19.3. The molecule has 1 N–H and O–H groups in total. The number of amides is 2. The van der Waals surface area contributed by atoms with E-state index in [2.05, 4.69) is 20.2 Å². The van der Waals surface area contributed by atoms with Crippen LogP contribution in [0.1, 0.15) is 17.7 Å². The summed E-state index contributed by atoms with van der Waals surface area (Å²) in [5.74, 6) is 0.440. The predicted octanol–water partition coefficient (Wildman–Crippen LogP) is 0.978. The van der Waals surface area contributed by atoms with E-state index in [1.54, 1.807) is 17.3 Å². The molecule has 4 rings (SSSR count). The SMILES string of the molecule is O=C(NCc1cccnc1N1CCOCC1)C1CC(=O)N(Cc2ccccn2)C1. The highest BCUT2D eigenvalue weighted by atomic mass is 16.5. The van der Waals surface area contributed by atoms with Gasteiger partial charge in [-0.2, -0.15) is 0 Å². The van der Waals surface area contributed by atoms with Crippen LogP contribution in [0.4, 0.5) is 5.82 Å². The molecule has 0 spiro atoms. The van der Waals surface area contributed by atoms with Crippen LogP contribution < -0.4 is 10.2 Å². The van der Waals surface area contributed by atoms with Crippen molar-refractivity contribution in [1.29, 1.82) is 0 Å². The van der Waals surface area contributed by atoms with E-state index in [9.17, 15) is 9.59 Å². The van der Waals surface area contributed by atoms with Gasteiger partial charge in [0.1, 0.15) is 5.82 Å². The van der Waals surface area contributed by atoms with E-state index < -0.39 is 0 Å². The number of anilines is 1. The lowest BCUT2D eigenvalue weighted by Gasteiger charge is -2.29. The number of pyridine rings is 2. The molecule has 152 valence electrons. The monoisotopic (exact) mass is 395 g/mol. The maximum atomic E-state index is 12.7. The Labute approximate surface area is 169 Å². The fraction of sp³-hybridized carbons (Fsp3) is 0.429. The van der Waals surface area contributed by atoms with Gasteiger partial charge in [-0.05, 0) is 18.2 Å². The molecule has 8 nitrogen and oxygen atoms in total. The normalized spacial score (nSPS) is 19.4. The summed E-state index contributed by atoms with van der Waals surface area (Å²) in [6.45, 7) is 4.19. The van der Waals surface area contributed by atoms with Crippen molar-refractivity contribution >= 4 is 17.6 Å². The van der Waals surface area contributed by atoms with E-state index in [4.69, 9.17) is 4.74 Å². The molecular formula is C21H25N5O3. The Balaban J connectivity index is 1.34. The minimum Gasteiger partial charge on any atom is -0.378 e. The van der Waals surface area contributed by atoms with Crippen molar-refractivity contribution in [2.24, 2.45) is 5.92 Å². The largest absolute Gasteiger partial charge is 0.378 e. The number of nitrogens with zero attached hydrogens (tertiary/aromatic N) is 4. The van der Waals surface area contributed by atoms with Gasteiger partial charge in [0.25, 0.3) is 0 Å². The zero-order valence-electron chi connectivity index (χ0n) is 16.3. The number of likely N-dealkylation sites (tertiary alicyclic amines) is 1. The van der Waals surface area contributed by atoms with E-state index in [-0.39, 0.29) is 24.2 Å². The van der Waals surface area contributed by atoms with Gasteiger partial charge in [-0.1, -0.05) is 12.1 Å². The van der Waals surface area contributed by atoms with Gasteiger partial charge in [0, 0.05) is 50.6 Å². The van der Waals surface area contributed by atoms with Gasteiger partial charge < -0.3 is 19.9 Å². The highest BCUT2D eigenvalue weighted by molar-refractivity contribution is 5.89. The average Bonchev–Trinajstić information content (AvgIpc) is 3.14. The lowest BCUT2D eigenvalue weighted by molar-refractivity contribution is -0.129. The van der Waals surface area contributed by atoms with Crippen LogP contribution in [0.25, 0.3) is 0 Å². The van der Waals surface area contributed by atoms with Crippen LogP contribution in [0, 0.1) is 5.92 Å². The highest BCUT2D eigenvalue weighted by Crippen LogP contribution is 2.21. The highest BCUT2D eigenvalue weighted by Gasteiger charge is 2.34. The van der Waals surface area contributed by atoms with E-state index in [0.29, 0.717) is 32.8 Å². The Morgan fingerprint density at radius 2 is 1.97 bits per heavy atom. The quantitative estimate of drug-likeness (QED) is 0.785. The first-order chi connectivity index (χ1) is 14.2. The second-order valence-corrected chi connectivity index (χ2v) is 7.30. The topological polar surface area (TPSA) is 87.7 Å². The Bertz CT molecular complexity index is 854. The molecule has 2 aliphatic rings. The first-order valence-electron chi connectivity index (χ1n) is 9.92. The number of morpholine rings is 1. The maximum Gasteiger partial charge on any atom is 0.225 e. The van der Waals surface area contributed by atoms with Gasteiger partial charge in [-0.15, -0.1) is 0 Å². The second kappa shape index (κ2) is 9.00. The number of carbonyl (C=O) groups is 2. The summed E-state index contributed by atoms with van der Waals surface area (Å²) in [6, 6.07) is 9.48. The van der Waals surface area contributed by atoms with Crippen LogP contribution in [-0.2, 0) is 27.4 Å². The molecule has 2 fully saturated rings. The molecule has 1 unspecified atom stereocenters. The third-order valence-electron chi connectivity index (χ3n) is 5.30. The summed E-state index contributed by atoms with van der Waals surface area (Å²) in [5.41, 5.74) is 1.80. The standard InChI is InChI=1S/C21H25N5O3/c27-19-12-17(14-26(19)15-18-5-1-2-6-22-18)21(28)24-13-16-4-3-7-23-20(16)25-8-10-29-11-9-25/h1-7,17H,8-15H2,(H,24,28). The number of carbonyl (C=O) groups excluding carboxylic acids is 2. The Morgan fingerprint density at radius 3 is 2.76 bits per heavy atom. The molecule has 0 aromatic carbocycles. The van der Waals surface area contributed by atoms with Gasteiger partial charge in [0.2, 0.25) is 11.8 Å². The second-order valence-electron chi connectivity index (χ2n) is 7.30. The lowest BCUT2D eigenvalue weighted by Crippen LogP contribution is -2.38.